The summed E-state index contributed by atoms with van der Waals surface area (Å²) in [6, 6.07) is 3.66. The predicted molar refractivity (Wildman–Crippen MR) is 66.3 cm³/mol. The molecule has 0 aliphatic heterocycles. The van der Waals surface area contributed by atoms with Gasteiger partial charge in [-0.2, -0.15) is 0 Å². The van der Waals surface area contributed by atoms with Crippen LogP contribution >= 0.6 is 0 Å². The zero-order valence-corrected chi connectivity index (χ0v) is 9.90. The van der Waals surface area contributed by atoms with Crippen LogP contribution in [0.4, 0.5) is 0 Å². The fraction of sp³-hybridized carbons (Fsp3) is 0. The Balaban J connectivity index is 2.52. The molecule has 0 saturated heterocycles. The Hall–Kier alpha value is -3.09. The Morgan fingerprint density at radius 3 is 1.10 bits per heavy atom. The highest BCUT2D eigenvalue weighted by Gasteiger charge is 2.18. The summed E-state index contributed by atoms with van der Waals surface area (Å²) in [5.41, 5.74) is -0.357. The van der Waals surface area contributed by atoms with Gasteiger partial charge < -0.3 is 30.6 Å². The van der Waals surface area contributed by atoms with Crippen molar-refractivity contribution in [3.05, 3.63) is 35.4 Å². The van der Waals surface area contributed by atoms with Crippen molar-refractivity contribution in [3.63, 3.8) is 0 Å². The summed E-state index contributed by atoms with van der Waals surface area (Å²) in [7, 11) is 0. The molecule has 6 N–H and O–H groups in total. The highest BCUT2D eigenvalue weighted by atomic mass is 16.3. The molecule has 0 amide bonds. The van der Waals surface area contributed by atoms with Crippen molar-refractivity contribution in [3.8, 4) is 34.5 Å². The van der Waals surface area contributed by atoms with Crippen LogP contribution in [0.1, 0.15) is 15.9 Å². The van der Waals surface area contributed by atoms with Crippen molar-refractivity contribution in [2.75, 3.05) is 0 Å². The summed E-state index contributed by atoms with van der Waals surface area (Å²) >= 11 is 0. The van der Waals surface area contributed by atoms with Gasteiger partial charge >= 0.3 is 0 Å². The standard InChI is InChI=1S/C13H10O7/c14-7-1-5(2-8(15)12(7)19)11(18)6-3-9(16)13(20)10(17)4-6/h1-4,14-17,19-20H. The smallest absolute Gasteiger partial charge is 0.200 e. The number of rotatable bonds is 2. The van der Waals surface area contributed by atoms with Gasteiger partial charge in [-0.05, 0) is 24.3 Å². The molecule has 0 heterocycles. The lowest BCUT2D eigenvalue weighted by molar-refractivity contribution is 0.103. The molecule has 0 fully saturated rings. The van der Waals surface area contributed by atoms with Gasteiger partial charge in [-0.15, -0.1) is 0 Å². The number of ketones is 1. The average Bonchev–Trinajstić information content (AvgIpc) is 2.40. The van der Waals surface area contributed by atoms with Crippen LogP contribution in [0.25, 0.3) is 0 Å². The Kier molecular flexibility index (Phi) is 3.03. The number of hydrogen-bond donors (Lipinski definition) is 6. The highest BCUT2D eigenvalue weighted by molar-refractivity contribution is 6.10. The van der Waals surface area contributed by atoms with E-state index in [0.29, 0.717) is 0 Å². The summed E-state index contributed by atoms with van der Waals surface area (Å²) < 4.78 is 0. The first kappa shape index (κ1) is 13.3. The largest absolute Gasteiger partial charge is 0.504 e. The molecule has 7 heteroatoms. The number of phenols is 6. The van der Waals surface area contributed by atoms with Gasteiger partial charge in [-0.3, -0.25) is 4.79 Å². The summed E-state index contributed by atoms with van der Waals surface area (Å²) in [5, 5.41) is 55.7. The maximum absolute atomic E-state index is 12.1. The van der Waals surface area contributed by atoms with Gasteiger partial charge in [0.25, 0.3) is 0 Å². The monoisotopic (exact) mass is 278 g/mol. The number of benzene rings is 2. The number of hydrogen-bond acceptors (Lipinski definition) is 7. The summed E-state index contributed by atoms with van der Waals surface area (Å²) in [6.07, 6.45) is 0. The quantitative estimate of drug-likeness (QED) is 0.358. The topological polar surface area (TPSA) is 138 Å². The first-order chi connectivity index (χ1) is 9.31. The first-order valence-electron chi connectivity index (χ1n) is 5.36. The fourth-order valence-electron chi connectivity index (χ4n) is 1.64. The SMILES string of the molecule is O=C(c1cc(O)c(O)c(O)c1)c1cc(O)c(O)c(O)c1. The molecular formula is C13H10O7. The maximum Gasteiger partial charge on any atom is 0.200 e. The van der Waals surface area contributed by atoms with E-state index in [1.165, 1.54) is 0 Å². The Morgan fingerprint density at radius 1 is 0.600 bits per heavy atom. The molecule has 104 valence electrons. The number of carbonyl (C=O) groups is 1. The van der Waals surface area contributed by atoms with E-state index in [-0.39, 0.29) is 11.1 Å². The molecular weight excluding hydrogens is 268 g/mol. The Labute approximate surface area is 112 Å². The van der Waals surface area contributed by atoms with Crippen molar-refractivity contribution in [1.82, 2.24) is 0 Å². The molecule has 0 unspecified atom stereocenters. The van der Waals surface area contributed by atoms with E-state index in [1.807, 2.05) is 0 Å². The van der Waals surface area contributed by atoms with Crippen LogP contribution in [0.3, 0.4) is 0 Å². The van der Waals surface area contributed by atoms with Crippen LogP contribution in [-0.2, 0) is 0 Å². The zero-order valence-electron chi connectivity index (χ0n) is 9.90. The van der Waals surface area contributed by atoms with E-state index in [1.54, 1.807) is 0 Å². The second kappa shape index (κ2) is 4.54. The number of phenolic OH excluding ortho intramolecular Hbond substituents is 6. The molecule has 0 aliphatic carbocycles. The van der Waals surface area contributed by atoms with Crippen molar-refractivity contribution in [2.24, 2.45) is 0 Å². The van der Waals surface area contributed by atoms with E-state index in [0.717, 1.165) is 24.3 Å². The first-order valence-corrected chi connectivity index (χ1v) is 5.36. The fourth-order valence-corrected chi connectivity index (χ4v) is 1.64. The highest BCUT2D eigenvalue weighted by Crippen LogP contribution is 2.38. The van der Waals surface area contributed by atoms with Crippen LogP contribution in [0.2, 0.25) is 0 Å². The van der Waals surface area contributed by atoms with Crippen LogP contribution in [-0.4, -0.2) is 36.4 Å². The molecule has 2 aromatic carbocycles. The van der Waals surface area contributed by atoms with E-state index >= 15 is 0 Å². The number of aromatic hydroxyl groups is 6. The van der Waals surface area contributed by atoms with Crippen LogP contribution in [0.5, 0.6) is 34.5 Å². The van der Waals surface area contributed by atoms with Gasteiger partial charge in [-0.1, -0.05) is 0 Å². The van der Waals surface area contributed by atoms with Crippen LogP contribution in [0.15, 0.2) is 24.3 Å². The van der Waals surface area contributed by atoms with Gasteiger partial charge in [0.2, 0.25) is 0 Å². The molecule has 2 aromatic rings. The number of carbonyl (C=O) groups excluding carboxylic acids is 1. The van der Waals surface area contributed by atoms with Crippen molar-refractivity contribution in [1.29, 1.82) is 0 Å². The Morgan fingerprint density at radius 2 is 0.850 bits per heavy atom. The van der Waals surface area contributed by atoms with Crippen LogP contribution < -0.4 is 0 Å². The van der Waals surface area contributed by atoms with Crippen molar-refractivity contribution >= 4 is 5.78 Å². The van der Waals surface area contributed by atoms with E-state index in [9.17, 15) is 35.4 Å². The minimum Gasteiger partial charge on any atom is -0.504 e. The molecule has 0 saturated carbocycles. The second-order valence-corrected chi connectivity index (χ2v) is 4.06. The molecule has 2 rings (SSSR count). The molecule has 0 atom stereocenters. The van der Waals surface area contributed by atoms with Crippen LogP contribution in [0, 0.1) is 0 Å². The predicted octanol–water partition coefficient (Wildman–Crippen LogP) is 1.15. The molecule has 0 radical (unpaired) electrons. The summed E-state index contributed by atoms with van der Waals surface area (Å²) in [4.78, 5) is 12.1. The lowest BCUT2D eigenvalue weighted by Gasteiger charge is -2.07. The van der Waals surface area contributed by atoms with Gasteiger partial charge in [-0.25, -0.2) is 0 Å². The molecule has 0 aliphatic rings. The third-order valence-electron chi connectivity index (χ3n) is 2.66. The molecule has 20 heavy (non-hydrogen) atoms. The third kappa shape index (κ3) is 2.12. The summed E-state index contributed by atoms with van der Waals surface area (Å²) in [6.45, 7) is 0. The molecule has 0 spiro atoms. The van der Waals surface area contributed by atoms with E-state index in [2.05, 4.69) is 0 Å². The third-order valence-corrected chi connectivity index (χ3v) is 2.66. The summed E-state index contributed by atoms with van der Waals surface area (Å²) in [5.74, 6) is -5.06. The Bertz CT molecular complexity index is 600. The normalized spacial score (nSPS) is 10.4. The molecule has 0 aromatic heterocycles. The van der Waals surface area contributed by atoms with Gasteiger partial charge in [0.05, 0.1) is 0 Å². The zero-order chi connectivity index (χ0) is 15.0. The van der Waals surface area contributed by atoms with Gasteiger partial charge in [0.15, 0.2) is 40.3 Å². The maximum atomic E-state index is 12.1. The minimum absolute atomic E-state index is 0.178. The van der Waals surface area contributed by atoms with Gasteiger partial charge in [0, 0.05) is 11.1 Å². The molecule has 7 nitrogen and oxygen atoms in total. The molecule has 0 bridgehead atoms. The van der Waals surface area contributed by atoms with Crippen molar-refractivity contribution < 1.29 is 35.4 Å². The van der Waals surface area contributed by atoms with E-state index < -0.39 is 40.3 Å². The van der Waals surface area contributed by atoms with E-state index in [4.69, 9.17) is 0 Å². The average molecular weight is 278 g/mol. The second-order valence-electron chi connectivity index (χ2n) is 4.06. The minimum atomic E-state index is -0.766. The lowest BCUT2D eigenvalue weighted by Crippen LogP contribution is -2.01. The lowest BCUT2D eigenvalue weighted by atomic mass is 10.0. The van der Waals surface area contributed by atoms with Crippen molar-refractivity contribution in [2.45, 2.75) is 0 Å². The van der Waals surface area contributed by atoms with Gasteiger partial charge in [0.1, 0.15) is 0 Å².